The molecule has 0 aromatic carbocycles. The van der Waals surface area contributed by atoms with Gasteiger partial charge >= 0.3 is 0 Å². The molecule has 3 atom stereocenters. The van der Waals surface area contributed by atoms with E-state index >= 15 is 0 Å². The fourth-order valence-corrected chi connectivity index (χ4v) is 2.47. The van der Waals surface area contributed by atoms with Gasteiger partial charge in [0.15, 0.2) is 0 Å². The second-order valence-corrected chi connectivity index (χ2v) is 3.52. The van der Waals surface area contributed by atoms with Gasteiger partial charge in [-0.25, -0.2) is 4.39 Å². The molecule has 0 spiro atoms. The highest BCUT2D eigenvalue weighted by Crippen LogP contribution is 2.37. The molecule has 1 saturated carbocycles. The molecule has 10 heavy (non-hydrogen) atoms. The highest BCUT2D eigenvalue weighted by molar-refractivity contribution is 4.93. The third-order valence-corrected chi connectivity index (χ3v) is 3.04. The van der Waals surface area contributed by atoms with E-state index in [0.29, 0.717) is 5.92 Å². The maximum absolute atomic E-state index is 12.3. The number of hydrogen-bond acceptors (Lipinski definition) is 1. The summed E-state index contributed by atoms with van der Waals surface area (Å²) in [5.41, 5.74) is 0. The summed E-state index contributed by atoms with van der Waals surface area (Å²) >= 11 is 0. The molecule has 0 radical (unpaired) electrons. The molecule has 0 bridgehead atoms. The van der Waals surface area contributed by atoms with Crippen molar-refractivity contribution in [2.45, 2.75) is 25.3 Å². The van der Waals surface area contributed by atoms with Crippen LogP contribution < -0.4 is 5.32 Å². The van der Waals surface area contributed by atoms with Gasteiger partial charge < -0.3 is 5.32 Å². The van der Waals surface area contributed by atoms with Crippen LogP contribution in [0.2, 0.25) is 0 Å². The maximum Gasteiger partial charge on any atom is 0.105 e. The first kappa shape index (κ1) is 6.59. The van der Waals surface area contributed by atoms with Crippen molar-refractivity contribution in [3.63, 3.8) is 0 Å². The van der Waals surface area contributed by atoms with Gasteiger partial charge in [0, 0.05) is 6.04 Å². The minimum Gasteiger partial charge on any atom is -0.311 e. The zero-order chi connectivity index (χ0) is 6.97. The van der Waals surface area contributed by atoms with Crippen LogP contribution in [0.25, 0.3) is 0 Å². The molecule has 1 aliphatic carbocycles. The average molecular weight is 143 g/mol. The number of nitrogens with one attached hydrogen (secondary N) is 1. The Balaban J connectivity index is 2.01. The summed E-state index contributed by atoms with van der Waals surface area (Å²) in [6.07, 6.45) is 3.91. The minimum absolute atomic E-state index is 0.166. The van der Waals surface area contributed by atoms with E-state index in [1.807, 2.05) is 0 Å². The number of halogens is 1. The third-order valence-electron chi connectivity index (χ3n) is 3.04. The van der Waals surface area contributed by atoms with Crippen molar-refractivity contribution in [2.24, 2.45) is 11.8 Å². The lowest BCUT2D eigenvalue weighted by Crippen LogP contribution is -2.28. The van der Waals surface area contributed by atoms with Crippen LogP contribution in [-0.2, 0) is 0 Å². The van der Waals surface area contributed by atoms with E-state index in [1.54, 1.807) is 0 Å². The van der Waals surface area contributed by atoms with Gasteiger partial charge in [-0.15, -0.1) is 0 Å². The molecule has 2 aliphatic rings. The lowest BCUT2D eigenvalue weighted by Gasteiger charge is -2.13. The highest BCUT2D eigenvalue weighted by Gasteiger charge is 2.38. The Labute approximate surface area is 61.0 Å². The Morgan fingerprint density at radius 2 is 2.30 bits per heavy atom. The van der Waals surface area contributed by atoms with Gasteiger partial charge in [-0.05, 0) is 31.2 Å². The Morgan fingerprint density at radius 1 is 1.40 bits per heavy atom. The normalized spacial score (nSPS) is 45.9. The Morgan fingerprint density at radius 3 is 3.10 bits per heavy atom. The van der Waals surface area contributed by atoms with E-state index in [4.69, 9.17) is 0 Å². The Bertz CT molecular complexity index is 126. The van der Waals surface area contributed by atoms with Gasteiger partial charge in [-0.1, -0.05) is 6.42 Å². The first-order chi connectivity index (χ1) is 4.92. The molecule has 1 heterocycles. The summed E-state index contributed by atoms with van der Waals surface area (Å²) in [7, 11) is 0. The van der Waals surface area contributed by atoms with E-state index in [1.165, 1.54) is 19.3 Å². The van der Waals surface area contributed by atoms with Crippen molar-refractivity contribution < 1.29 is 4.39 Å². The summed E-state index contributed by atoms with van der Waals surface area (Å²) in [6, 6.07) is 0.201. The monoisotopic (exact) mass is 143 g/mol. The second-order valence-electron chi connectivity index (χ2n) is 3.52. The van der Waals surface area contributed by atoms with Crippen molar-refractivity contribution in [3.05, 3.63) is 0 Å². The maximum atomic E-state index is 12.3. The molecule has 1 aliphatic heterocycles. The van der Waals surface area contributed by atoms with E-state index < -0.39 is 0 Å². The molecule has 1 nitrogen and oxygen atoms in total. The molecule has 2 rings (SSSR count). The first-order valence-electron chi connectivity index (χ1n) is 4.21. The van der Waals surface area contributed by atoms with E-state index in [2.05, 4.69) is 5.32 Å². The molecular formula is C8H14FN. The number of hydrogen-bond donors (Lipinski definition) is 1. The molecular weight excluding hydrogens is 129 g/mol. The summed E-state index contributed by atoms with van der Waals surface area (Å²) in [5, 5.41) is 3.23. The quantitative estimate of drug-likeness (QED) is 0.584. The van der Waals surface area contributed by atoms with Crippen LogP contribution in [0.3, 0.4) is 0 Å². The molecule has 2 fully saturated rings. The fourth-order valence-electron chi connectivity index (χ4n) is 2.47. The largest absolute Gasteiger partial charge is 0.311 e. The standard InChI is InChI=1S/C8H14FN/c9-4-8-7-3-1-2-6(7)5-10-8/h6-8,10H,1-5H2. The number of rotatable bonds is 1. The number of alkyl halides is 1. The SMILES string of the molecule is FCC1NCC2CCCC21. The van der Waals surface area contributed by atoms with Gasteiger partial charge in [0.05, 0.1) is 0 Å². The summed E-state index contributed by atoms with van der Waals surface area (Å²) in [5.74, 6) is 1.48. The van der Waals surface area contributed by atoms with E-state index in [0.717, 1.165) is 12.5 Å². The predicted octanol–water partition coefficient (Wildman–Crippen LogP) is 1.34. The zero-order valence-electron chi connectivity index (χ0n) is 6.15. The summed E-state index contributed by atoms with van der Waals surface area (Å²) < 4.78 is 12.3. The molecule has 0 amide bonds. The van der Waals surface area contributed by atoms with Gasteiger partial charge in [0.1, 0.15) is 6.67 Å². The van der Waals surface area contributed by atoms with Gasteiger partial charge in [-0.3, -0.25) is 0 Å². The lowest BCUT2D eigenvalue weighted by atomic mass is 9.95. The molecule has 58 valence electrons. The molecule has 0 aromatic rings. The molecule has 1 saturated heterocycles. The topological polar surface area (TPSA) is 12.0 Å². The van der Waals surface area contributed by atoms with Crippen molar-refractivity contribution >= 4 is 0 Å². The van der Waals surface area contributed by atoms with E-state index in [9.17, 15) is 4.39 Å². The molecule has 2 heteroatoms. The van der Waals surface area contributed by atoms with Gasteiger partial charge in [0.25, 0.3) is 0 Å². The van der Waals surface area contributed by atoms with Crippen molar-refractivity contribution in [2.75, 3.05) is 13.2 Å². The van der Waals surface area contributed by atoms with Crippen molar-refractivity contribution in [1.82, 2.24) is 5.32 Å². The van der Waals surface area contributed by atoms with Crippen molar-refractivity contribution in [3.8, 4) is 0 Å². The summed E-state index contributed by atoms with van der Waals surface area (Å²) in [6.45, 7) is 0.903. The van der Waals surface area contributed by atoms with Crippen molar-refractivity contribution in [1.29, 1.82) is 0 Å². The number of fused-ring (bicyclic) bond motifs is 1. The van der Waals surface area contributed by atoms with Crippen LogP contribution in [0.4, 0.5) is 4.39 Å². The van der Waals surface area contributed by atoms with Gasteiger partial charge in [0.2, 0.25) is 0 Å². The van der Waals surface area contributed by atoms with Crippen LogP contribution >= 0.6 is 0 Å². The third kappa shape index (κ3) is 0.858. The van der Waals surface area contributed by atoms with Crippen LogP contribution in [0, 0.1) is 11.8 Å². The van der Waals surface area contributed by atoms with Crippen LogP contribution in [0.1, 0.15) is 19.3 Å². The Hall–Kier alpha value is -0.110. The smallest absolute Gasteiger partial charge is 0.105 e. The first-order valence-corrected chi connectivity index (χ1v) is 4.21. The van der Waals surface area contributed by atoms with E-state index in [-0.39, 0.29) is 12.7 Å². The molecule has 0 aromatic heterocycles. The van der Waals surface area contributed by atoms with Crippen LogP contribution in [-0.4, -0.2) is 19.3 Å². The predicted molar refractivity (Wildman–Crippen MR) is 38.6 cm³/mol. The Kier molecular flexibility index (Phi) is 1.65. The highest BCUT2D eigenvalue weighted by atomic mass is 19.1. The average Bonchev–Trinajstić information content (AvgIpc) is 2.44. The minimum atomic E-state index is -0.166. The van der Waals surface area contributed by atoms with Crippen LogP contribution in [0.5, 0.6) is 0 Å². The van der Waals surface area contributed by atoms with Crippen LogP contribution in [0.15, 0.2) is 0 Å². The molecule has 3 unspecified atom stereocenters. The molecule has 1 N–H and O–H groups in total. The van der Waals surface area contributed by atoms with Gasteiger partial charge in [-0.2, -0.15) is 0 Å². The lowest BCUT2D eigenvalue weighted by molar-refractivity contribution is 0.328. The second kappa shape index (κ2) is 2.50. The zero-order valence-corrected chi connectivity index (χ0v) is 6.15. The summed E-state index contributed by atoms with van der Waals surface area (Å²) in [4.78, 5) is 0. The fraction of sp³-hybridized carbons (Fsp3) is 1.00.